The molecule has 2 unspecified atom stereocenters. The Morgan fingerprint density at radius 3 is 2.45 bits per heavy atom. The van der Waals surface area contributed by atoms with Gasteiger partial charge < -0.3 is 4.98 Å². The number of nitrogens with zero attached hydrogens (tertiary/aromatic N) is 1. The molecule has 1 aliphatic rings. The number of aromatic amines is 1. The first-order valence-electron chi connectivity index (χ1n) is 10.3. The van der Waals surface area contributed by atoms with Crippen LogP contribution in [0, 0.1) is 19.8 Å². The molecule has 29 heavy (non-hydrogen) atoms. The van der Waals surface area contributed by atoms with Crippen molar-refractivity contribution in [2.24, 2.45) is 5.92 Å². The van der Waals surface area contributed by atoms with Crippen LogP contribution >= 0.6 is 0 Å². The fourth-order valence-electron chi connectivity index (χ4n) is 4.09. The van der Waals surface area contributed by atoms with Crippen LogP contribution in [0.1, 0.15) is 47.8 Å². The molecular formula is C27H28N2. The number of hydrogen-bond acceptors (Lipinski definition) is 1. The second kappa shape index (κ2) is 8.08. The van der Waals surface area contributed by atoms with Gasteiger partial charge >= 0.3 is 0 Å². The van der Waals surface area contributed by atoms with Crippen LogP contribution in [0.4, 0.5) is 0 Å². The largest absolute Gasteiger partial charge is 0.338 e. The van der Waals surface area contributed by atoms with Gasteiger partial charge in [0.15, 0.2) is 0 Å². The monoisotopic (exact) mass is 380 g/mol. The van der Waals surface area contributed by atoms with E-state index in [4.69, 9.17) is 0 Å². The smallest absolute Gasteiger partial charge is 0.130 e. The standard InChI is InChI=1S/C27H28N2/c1-18-13-14-23(21(4)15-18)26-17-28-27(29-26)16-25-20(3)10-6-5-9-19(2)22-11-7-8-12-24(22)25/h5-17,19-20H,1-4H3,(H,28,29)/b9-5-,10-6-,25-16-. The summed E-state index contributed by atoms with van der Waals surface area (Å²) in [7, 11) is 0. The van der Waals surface area contributed by atoms with E-state index in [1.54, 1.807) is 0 Å². The molecule has 0 amide bonds. The Kier molecular flexibility index (Phi) is 5.35. The number of allylic oxidation sites excluding steroid dienone is 5. The van der Waals surface area contributed by atoms with Gasteiger partial charge in [-0.15, -0.1) is 0 Å². The first kappa shape index (κ1) is 19.2. The number of nitrogens with one attached hydrogen (secondary N) is 1. The second-order valence-corrected chi connectivity index (χ2v) is 8.03. The lowest BCUT2D eigenvalue weighted by Crippen LogP contribution is -2.01. The van der Waals surface area contributed by atoms with Crippen molar-refractivity contribution in [2.45, 2.75) is 33.6 Å². The molecule has 0 bridgehead atoms. The van der Waals surface area contributed by atoms with E-state index in [0.717, 1.165) is 11.5 Å². The van der Waals surface area contributed by atoms with Gasteiger partial charge in [-0.1, -0.05) is 86.2 Å². The molecular weight excluding hydrogens is 352 g/mol. The zero-order valence-corrected chi connectivity index (χ0v) is 17.6. The minimum absolute atomic E-state index is 0.292. The van der Waals surface area contributed by atoms with Gasteiger partial charge in [-0.25, -0.2) is 4.98 Å². The summed E-state index contributed by atoms with van der Waals surface area (Å²) >= 11 is 0. The maximum Gasteiger partial charge on any atom is 0.130 e. The highest BCUT2D eigenvalue weighted by atomic mass is 14.9. The first-order chi connectivity index (χ1) is 14.0. The number of fused-ring (bicyclic) bond motifs is 1. The summed E-state index contributed by atoms with van der Waals surface area (Å²) in [6.07, 6.45) is 13.0. The first-order valence-corrected chi connectivity index (χ1v) is 10.3. The lowest BCUT2D eigenvalue weighted by atomic mass is 9.86. The number of H-pyrrole nitrogens is 1. The molecule has 0 spiro atoms. The Bertz CT molecular complexity index is 1110. The van der Waals surface area contributed by atoms with E-state index in [1.165, 1.54) is 33.4 Å². The van der Waals surface area contributed by atoms with E-state index < -0.39 is 0 Å². The number of rotatable bonds is 2. The zero-order valence-electron chi connectivity index (χ0n) is 17.6. The Morgan fingerprint density at radius 2 is 1.66 bits per heavy atom. The molecule has 1 aromatic heterocycles. The van der Waals surface area contributed by atoms with Crippen LogP contribution in [0.15, 0.2) is 73.0 Å². The molecule has 1 aliphatic carbocycles. The third-order valence-electron chi connectivity index (χ3n) is 5.72. The average molecular weight is 381 g/mol. The van der Waals surface area contributed by atoms with Crippen molar-refractivity contribution in [1.29, 1.82) is 0 Å². The van der Waals surface area contributed by atoms with E-state index in [1.807, 2.05) is 6.20 Å². The summed E-state index contributed by atoms with van der Waals surface area (Å²) in [5.41, 5.74) is 8.74. The van der Waals surface area contributed by atoms with Gasteiger partial charge in [0.1, 0.15) is 5.82 Å². The summed E-state index contributed by atoms with van der Waals surface area (Å²) in [6.45, 7) is 8.77. The highest BCUT2D eigenvalue weighted by molar-refractivity contribution is 5.84. The summed E-state index contributed by atoms with van der Waals surface area (Å²) in [5.74, 6) is 1.55. The van der Waals surface area contributed by atoms with Crippen LogP contribution in [0.3, 0.4) is 0 Å². The molecule has 0 radical (unpaired) electrons. The van der Waals surface area contributed by atoms with Gasteiger partial charge in [0.05, 0.1) is 11.9 Å². The van der Waals surface area contributed by atoms with Crippen LogP contribution in [0.25, 0.3) is 22.9 Å². The van der Waals surface area contributed by atoms with Crippen LogP contribution in [0.2, 0.25) is 0 Å². The molecule has 146 valence electrons. The van der Waals surface area contributed by atoms with Gasteiger partial charge in [-0.3, -0.25) is 0 Å². The topological polar surface area (TPSA) is 28.7 Å². The van der Waals surface area contributed by atoms with Gasteiger partial charge in [0.25, 0.3) is 0 Å². The van der Waals surface area contributed by atoms with Crippen molar-refractivity contribution in [3.05, 3.63) is 101 Å². The van der Waals surface area contributed by atoms with Crippen LogP contribution < -0.4 is 0 Å². The molecule has 0 aliphatic heterocycles. The highest BCUT2D eigenvalue weighted by Gasteiger charge is 2.17. The molecule has 3 aromatic rings. The van der Waals surface area contributed by atoms with Gasteiger partial charge in [0.2, 0.25) is 0 Å². The van der Waals surface area contributed by atoms with Crippen LogP contribution in [0.5, 0.6) is 0 Å². The molecule has 2 nitrogen and oxygen atoms in total. The predicted octanol–water partition coefficient (Wildman–Crippen LogP) is 7.10. The molecule has 2 heteroatoms. The predicted molar refractivity (Wildman–Crippen MR) is 124 cm³/mol. The maximum atomic E-state index is 4.68. The fourth-order valence-corrected chi connectivity index (χ4v) is 4.09. The van der Waals surface area contributed by atoms with Crippen molar-refractivity contribution in [1.82, 2.24) is 9.97 Å². The molecule has 0 saturated carbocycles. The van der Waals surface area contributed by atoms with E-state index in [0.29, 0.717) is 11.8 Å². The Labute approximate surface area is 173 Å². The van der Waals surface area contributed by atoms with Gasteiger partial charge in [-0.2, -0.15) is 0 Å². The number of hydrogen-bond donors (Lipinski definition) is 1. The Balaban J connectivity index is 1.79. The summed E-state index contributed by atoms with van der Waals surface area (Å²) in [6, 6.07) is 15.3. The fraction of sp³-hybridized carbons (Fsp3) is 0.222. The third-order valence-corrected chi connectivity index (χ3v) is 5.72. The SMILES string of the molecule is Cc1ccc(-c2cnc(/C=C3\c4ccccc4C(C)/C=C\C=C/C3C)[nH]2)c(C)c1. The highest BCUT2D eigenvalue weighted by Crippen LogP contribution is 2.34. The quantitative estimate of drug-likeness (QED) is 0.504. The van der Waals surface area contributed by atoms with Crippen LogP contribution in [-0.4, -0.2) is 9.97 Å². The lowest BCUT2D eigenvalue weighted by molar-refractivity contribution is 0.937. The van der Waals surface area contributed by atoms with Crippen molar-refractivity contribution in [2.75, 3.05) is 0 Å². The van der Waals surface area contributed by atoms with Crippen LogP contribution in [-0.2, 0) is 0 Å². The maximum absolute atomic E-state index is 4.68. The second-order valence-electron chi connectivity index (χ2n) is 8.03. The van der Waals surface area contributed by atoms with E-state index in [2.05, 4.69) is 111 Å². The van der Waals surface area contributed by atoms with E-state index in [-0.39, 0.29) is 0 Å². The van der Waals surface area contributed by atoms with E-state index >= 15 is 0 Å². The normalized spacial score (nSPS) is 22.4. The Hall–Kier alpha value is -3.13. The van der Waals surface area contributed by atoms with Crippen molar-refractivity contribution < 1.29 is 0 Å². The van der Waals surface area contributed by atoms with Gasteiger partial charge in [-0.05, 0) is 48.1 Å². The van der Waals surface area contributed by atoms with Crippen molar-refractivity contribution in [3.63, 3.8) is 0 Å². The molecule has 0 saturated heterocycles. The summed E-state index contributed by atoms with van der Waals surface area (Å²) < 4.78 is 0. The summed E-state index contributed by atoms with van der Waals surface area (Å²) in [4.78, 5) is 8.21. The molecule has 2 atom stereocenters. The van der Waals surface area contributed by atoms with E-state index in [9.17, 15) is 0 Å². The third kappa shape index (κ3) is 4.02. The zero-order chi connectivity index (χ0) is 20.4. The molecule has 0 fully saturated rings. The number of aromatic nitrogens is 2. The van der Waals surface area contributed by atoms with Crippen molar-refractivity contribution in [3.8, 4) is 11.3 Å². The summed E-state index contributed by atoms with van der Waals surface area (Å²) in [5, 5.41) is 0. The number of benzene rings is 2. The molecule has 1 heterocycles. The molecule has 4 rings (SSSR count). The van der Waals surface area contributed by atoms with Crippen molar-refractivity contribution >= 4 is 11.6 Å². The number of aryl methyl sites for hydroxylation is 2. The molecule has 2 aromatic carbocycles. The minimum atomic E-state index is 0.292. The van der Waals surface area contributed by atoms with Gasteiger partial charge in [0, 0.05) is 11.5 Å². The Morgan fingerprint density at radius 1 is 0.897 bits per heavy atom. The number of imidazole rings is 1. The average Bonchev–Trinajstić information content (AvgIpc) is 3.18. The minimum Gasteiger partial charge on any atom is -0.338 e. The lowest BCUT2D eigenvalue weighted by Gasteiger charge is -2.18. The molecule has 1 N–H and O–H groups in total.